The van der Waals surface area contributed by atoms with Gasteiger partial charge in [-0.05, 0) is 30.2 Å². The van der Waals surface area contributed by atoms with Crippen molar-refractivity contribution in [3.63, 3.8) is 0 Å². The zero-order valence-electron chi connectivity index (χ0n) is 8.37. The van der Waals surface area contributed by atoms with Crippen molar-refractivity contribution in [1.82, 2.24) is 0 Å². The second kappa shape index (κ2) is 6.66. The first-order valence-electron chi connectivity index (χ1n) is 4.86. The SMILES string of the molecule is CCCCO/C=C/c1ccc(Br)cc1. The molecule has 0 aromatic heterocycles. The summed E-state index contributed by atoms with van der Waals surface area (Å²) in [5.41, 5.74) is 1.16. The van der Waals surface area contributed by atoms with Gasteiger partial charge in [-0.3, -0.25) is 0 Å². The first-order chi connectivity index (χ1) is 6.83. The molecule has 0 amide bonds. The molecule has 0 unspecified atom stereocenters. The Morgan fingerprint density at radius 3 is 2.64 bits per heavy atom. The molecule has 0 saturated heterocycles. The molecule has 1 aromatic rings. The molecule has 0 saturated carbocycles. The summed E-state index contributed by atoms with van der Waals surface area (Å²) < 4.78 is 6.41. The summed E-state index contributed by atoms with van der Waals surface area (Å²) in [6, 6.07) is 8.13. The van der Waals surface area contributed by atoms with Gasteiger partial charge in [-0.25, -0.2) is 0 Å². The van der Waals surface area contributed by atoms with Crippen LogP contribution in [0, 0.1) is 0 Å². The normalized spacial score (nSPS) is 10.7. The van der Waals surface area contributed by atoms with Gasteiger partial charge < -0.3 is 4.74 Å². The Balaban J connectivity index is 2.33. The molecule has 0 aliphatic carbocycles. The van der Waals surface area contributed by atoms with E-state index in [9.17, 15) is 0 Å². The Kier molecular flexibility index (Phi) is 5.38. The fourth-order valence-corrected chi connectivity index (χ4v) is 1.26. The van der Waals surface area contributed by atoms with Gasteiger partial charge in [0.1, 0.15) is 0 Å². The first kappa shape index (κ1) is 11.3. The van der Waals surface area contributed by atoms with E-state index >= 15 is 0 Å². The lowest BCUT2D eigenvalue weighted by molar-refractivity contribution is 0.246. The molecule has 0 aliphatic rings. The molecule has 0 atom stereocenters. The highest BCUT2D eigenvalue weighted by atomic mass is 79.9. The van der Waals surface area contributed by atoms with Crippen LogP contribution in [0.25, 0.3) is 6.08 Å². The second-order valence-electron chi connectivity index (χ2n) is 3.08. The van der Waals surface area contributed by atoms with E-state index in [-0.39, 0.29) is 0 Å². The Hall–Kier alpha value is -0.760. The molecule has 0 spiro atoms. The number of benzene rings is 1. The van der Waals surface area contributed by atoms with Gasteiger partial charge in [-0.1, -0.05) is 41.4 Å². The highest BCUT2D eigenvalue weighted by molar-refractivity contribution is 9.10. The average molecular weight is 255 g/mol. The van der Waals surface area contributed by atoms with E-state index in [2.05, 4.69) is 22.9 Å². The van der Waals surface area contributed by atoms with Crippen LogP contribution in [0.1, 0.15) is 25.3 Å². The minimum absolute atomic E-state index is 0.809. The van der Waals surface area contributed by atoms with Crippen molar-refractivity contribution in [3.05, 3.63) is 40.6 Å². The van der Waals surface area contributed by atoms with Crippen LogP contribution in [-0.4, -0.2) is 6.61 Å². The van der Waals surface area contributed by atoms with Crippen molar-refractivity contribution in [2.24, 2.45) is 0 Å². The Morgan fingerprint density at radius 2 is 2.00 bits per heavy atom. The van der Waals surface area contributed by atoms with E-state index in [1.807, 2.05) is 30.3 Å². The third-order valence-electron chi connectivity index (χ3n) is 1.84. The highest BCUT2D eigenvalue weighted by Gasteiger charge is 1.87. The first-order valence-corrected chi connectivity index (χ1v) is 5.66. The third kappa shape index (κ3) is 4.47. The zero-order chi connectivity index (χ0) is 10.2. The van der Waals surface area contributed by atoms with Gasteiger partial charge in [0.25, 0.3) is 0 Å². The van der Waals surface area contributed by atoms with Crippen molar-refractivity contribution in [3.8, 4) is 0 Å². The molecule has 0 heterocycles. The molecule has 0 aliphatic heterocycles. The maximum absolute atomic E-state index is 5.32. The predicted octanol–water partition coefficient (Wildman–Crippen LogP) is 4.24. The average Bonchev–Trinajstić information content (AvgIpc) is 2.21. The van der Waals surface area contributed by atoms with Gasteiger partial charge >= 0.3 is 0 Å². The topological polar surface area (TPSA) is 9.23 Å². The van der Waals surface area contributed by atoms with Crippen LogP contribution in [0.5, 0.6) is 0 Å². The molecule has 0 fully saturated rings. The van der Waals surface area contributed by atoms with Crippen LogP contribution in [0.4, 0.5) is 0 Å². The third-order valence-corrected chi connectivity index (χ3v) is 2.37. The number of ether oxygens (including phenoxy) is 1. The summed E-state index contributed by atoms with van der Waals surface area (Å²) in [6.45, 7) is 2.96. The van der Waals surface area contributed by atoms with E-state index in [0.717, 1.165) is 23.1 Å². The van der Waals surface area contributed by atoms with Crippen LogP contribution in [0.3, 0.4) is 0 Å². The van der Waals surface area contributed by atoms with Crippen molar-refractivity contribution < 1.29 is 4.74 Å². The molecular weight excluding hydrogens is 240 g/mol. The molecular formula is C12H15BrO. The van der Waals surface area contributed by atoms with Crippen LogP contribution in [-0.2, 0) is 4.74 Å². The molecule has 0 bridgehead atoms. The Bertz CT molecular complexity index is 277. The van der Waals surface area contributed by atoms with Gasteiger partial charge in [-0.15, -0.1) is 0 Å². The molecule has 1 aromatic carbocycles. The molecule has 76 valence electrons. The predicted molar refractivity (Wildman–Crippen MR) is 64.0 cm³/mol. The van der Waals surface area contributed by atoms with Crippen LogP contribution in [0.15, 0.2) is 35.0 Å². The summed E-state index contributed by atoms with van der Waals surface area (Å²) in [6.07, 6.45) is 6.03. The quantitative estimate of drug-likeness (QED) is 0.565. The molecule has 1 nitrogen and oxygen atoms in total. The summed E-state index contributed by atoms with van der Waals surface area (Å²) in [4.78, 5) is 0. The highest BCUT2D eigenvalue weighted by Crippen LogP contribution is 2.11. The summed E-state index contributed by atoms with van der Waals surface area (Å²) in [5.74, 6) is 0. The van der Waals surface area contributed by atoms with E-state index in [0.29, 0.717) is 0 Å². The van der Waals surface area contributed by atoms with E-state index in [1.165, 1.54) is 6.42 Å². The lowest BCUT2D eigenvalue weighted by atomic mass is 10.2. The van der Waals surface area contributed by atoms with Crippen molar-refractivity contribution >= 4 is 22.0 Å². The summed E-state index contributed by atoms with van der Waals surface area (Å²) in [5, 5.41) is 0. The van der Waals surface area contributed by atoms with Crippen molar-refractivity contribution in [1.29, 1.82) is 0 Å². The second-order valence-corrected chi connectivity index (χ2v) is 3.99. The van der Waals surface area contributed by atoms with Crippen LogP contribution >= 0.6 is 15.9 Å². The number of unbranched alkanes of at least 4 members (excludes halogenated alkanes) is 1. The fraction of sp³-hybridized carbons (Fsp3) is 0.333. The minimum Gasteiger partial charge on any atom is -0.501 e. The number of hydrogen-bond donors (Lipinski definition) is 0. The van der Waals surface area contributed by atoms with Gasteiger partial charge in [0.2, 0.25) is 0 Å². The van der Waals surface area contributed by atoms with Gasteiger partial charge in [0.15, 0.2) is 0 Å². The molecule has 0 radical (unpaired) electrons. The van der Waals surface area contributed by atoms with E-state index in [1.54, 1.807) is 6.26 Å². The Morgan fingerprint density at radius 1 is 1.29 bits per heavy atom. The van der Waals surface area contributed by atoms with Crippen LogP contribution in [0.2, 0.25) is 0 Å². The standard InChI is InChI=1S/C12H15BrO/c1-2-3-9-14-10-8-11-4-6-12(13)7-5-11/h4-8,10H,2-3,9H2,1H3/b10-8+. The molecule has 1 rings (SSSR count). The molecule has 2 heteroatoms. The zero-order valence-corrected chi connectivity index (χ0v) is 9.96. The smallest absolute Gasteiger partial charge is 0.0873 e. The van der Waals surface area contributed by atoms with Gasteiger partial charge in [0.05, 0.1) is 12.9 Å². The van der Waals surface area contributed by atoms with E-state index in [4.69, 9.17) is 4.74 Å². The lowest BCUT2D eigenvalue weighted by Crippen LogP contribution is -1.84. The fourth-order valence-electron chi connectivity index (χ4n) is 0.996. The Labute approximate surface area is 93.9 Å². The van der Waals surface area contributed by atoms with Gasteiger partial charge in [0, 0.05) is 4.47 Å². The number of hydrogen-bond acceptors (Lipinski definition) is 1. The van der Waals surface area contributed by atoms with Crippen LogP contribution < -0.4 is 0 Å². The van der Waals surface area contributed by atoms with Crippen molar-refractivity contribution in [2.75, 3.05) is 6.61 Å². The maximum atomic E-state index is 5.32. The minimum atomic E-state index is 0.809. The number of halogens is 1. The maximum Gasteiger partial charge on any atom is 0.0873 e. The lowest BCUT2D eigenvalue weighted by Gasteiger charge is -1.97. The largest absolute Gasteiger partial charge is 0.501 e. The van der Waals surface area contributed by atoms with E-state index < -0.39 is 0 Å². The van der Waals surface area contributed by atoms with Gasteiger partial charge in [-0.2, -0.15) is 0 Å². The molecule has 0 N–H and O–H groups in total. The molecule has 14 heavy (non-hydrogen) atoms. The number of rotatable bonds is 5. The summed E-state index contributed by atoms with van der Waals surface area (Å²) >= 11 is 3.39. The van der Waals surface area contributed by atoms with Crippen molar-refractivity contribution in [2.45, 2.75) is 19.8 Å². The summed E-state index contributed by atoms with van der Waals surface area (Å²) in [7, 11) is 0. The monoisotopic (exact) mass is 254 g/mol.